The first-order chi connectivity index (χ1) is 8.95. The summed E-state index contributed by atoms with van der Waals surface area (Å²) in [5, 5.41) is 3.52. The predicted molar refractivity (Wildman–Crippen MR) is 77.1 cm³/mol. The van der Waals surface area contributed by atoms with Crippen LogP contribution >= 0.6 is 22.9 Å². The number of hydrogen-bond acceptors (Lipinski definition) is 4. The number of carbonyl (C=O) groups excluding carboxylic acids is 1. The Morgan fingerprint density at radius 1 is 1.32 bits per heavy atom. The molecule has 0 amide bonds. The fourth-order valence-electron chi connectivity index (χ4n) is 1.77. The average Bonchev–Trinajstić information content (AvgIpc) is 2.71. The molecule has 0 aliphatic rings. The lowest BCUT2D eigenvalue weighted by atomic mass is 10.1. The third kappa shape index (κ3) is 3.55. The van der Waals surface area contributed by atoms with E-state index >= 15 is 0 Å². The minimum Gasteiger partial charge on any atom is -0.426 e. The molecule has 0 aliphatic heterocycles. The van der Waals surface area contributed by atoms with E-state index in [-0.39, 0.29) is 12.4 Å². The van der Waals surface area contributed by atoms with Crippen LogP contribution in [0.4, 0.5) is 0 Å². The smallest absolute Gasteiger partial charge is 0.317 e. The zero-order valence-corrected chi connectivity index (χ0v) is 12.6. The molecule has 0 fully saturated rings. The molecule has 1 heterocycles. The van der Waals surface area contributed by atoms with Crippen molar-refractivity contribution in [2.45, 2.75) is 27.2 Å². The first kappa shape index (κ1) is 14.0. The minimum atomic E-state index is -0.313. The molecule has 1 aromatic carbocycles. The Morgan fingerprint density at radius 3 is 2.47 bits per heavy atom. The number of benzene rings is 1. The molecule has 0 N–H and O–H groups in total. The molecule has 100 valence electrons. The van der Waals surface area contributed by atoms with E-state index in [2.05, 4.69) is 4.98 Å². The molecule has 0 aliphatic carbocycles. The van der Waals surface area contributed by atoms with Gasteiger partial charge in [0.2, 0.25) is 0 Å². The summed E-state index contributed by atoms with van der Waals surface area (Å²) in [6.07, 6.45) is 0.186. The van der Waals surface area contributed by atoms with Crippen molar-refractivity contribution in [3.8, 4) is 5.75 Å². The summed E-state index contributed by atoms with van der Waals surface area (Å²) in [6, 6.07) is 3.53. The predicted octanol–water partition coefficient (Wildman–Crippen LogP) is 3.87. The summed E-state index contributed by atoms with van der Waals surface area (Å²) in [5.41, 5.74) is 2.54. The SMILES string of the molecule is Cc1nc(CC(=O)Oc2cc(C)c(Cl)c(C)c2)cs1. The number of carbonyl (C=O) groups is 1. The van der Waals surface area contributed by atoms with Crippen molar-refractivity contribution >= 4 is 28.9 Å². The van der Waals surface area contributed by atoms with Crippen LogP contribution in [-0.2, 0) is 11.2 Å². The van der Waals surface area contributed by atoms with Gasteiger partial charge in [-0.3, -0.25) is 4.79 Å². The molecule has 0 saturated heterocycles. The molecule has 5 heteroatoms. The van der Waals surface area contributed by atoms with Crippen molar-refractivity contribution in [3.63, 3.8) is 0 Å². The first-order valence-electron chi connectivity index (χ1n) is 5.84. The second kappa shape index (κ2) is 5.72. The van der Waals surface area contributed by atoms with Gasteiger partial charge in [0.25, 0.3) is 0 Å². The van der Waals surface area contributed by atoms with Crippen LogP contribution in [0, 0.1) is 20.8 Å². The standard InChI is InChI=1S/C14H14ClNO2S/c1-8-4-12(5-9(2)14(8)15)18-13(17)6-11-7-19-10(3)16-11/h4-5,7H,6H2,1-3H3. The summed E-state index contributed by atoms with van der Waals surface area (Å²) < 4.78 is 5.31. The van der Waals surface area contributed by atoms with E-state index in [1.165, 1.54) is 11.3 Å². The van der Waals surface area contributed by atoms with Gasteiger partial charge >= 0.3 is 5.97 Å². The lowest BCUT2D eigenvalue weighted by Crippen LogP contribution is -2.11. The molecule has 0 bridgehead atoms. The van der Waals surface area contributed by atoms with Crippen molar-refractivity contribution in [2.24, 2.45) is 0 Å². The first-order valence-corrected chi connectivity index (χ1v) is 7.10. The van der Waals surface area contributed by atoms with Gasteiger partial charge in [0.15, 0.2) is 0 Å². The summed E-state index contributed by atoms with van der Waals surface area (Å²) in [7, 11) is 0. The Bertz CT molecular complexity index is 599. The second-order valence-electron chi connectivity index (χ2n) is 4.38. The Labute approximate surface area is 121 Å². The maximum absolute atomic E-state index is 11.8. The summed E-state index contributed by atoms with van der Waals surface area (Å²) in [5.74, 6) is 0.211. The van der Waals surface area contributed by atoms with Crippen molar-refractivity contribution in [1.82, 2.24) is 4.98 Å². The molecule has 0 spiro atoms. The monoisotopic (exact) mass is 295 g/mol. The number of aryl methyl sites for hydroxylation is 3. The zero-order valence-electron chi connectivity index (χ0n) is 11.0. The van der Waals surface area contributed by atoms with Crippen LogP contribution in [-0.4, -0.2) is 11.0 Å². The largest absolute Gasteiger partial charge is 0.426 e. The van der Waals surface area contributed by atoms with E-state index in [0.29, 0.717) is 10.8 Å². The van der Waals surface area contributed by atoms with Crippen molar-refractivity contribution in [2.75, 3.05) is 0 Å². The van der Waals surface area contributed by atoms with Crippen molar-refractivity contribution in [1.29, 1.82) is 0 Å². The molecule has 2 aromatic rings. The fraction of sp³-hybridized carbons (Fsp3) is 0.286. The van der Waals surface area contributed by atoms with Gasteiger partial charge < -0.3 is 4.74 Å². The fourth-order valence-corrected chi connectivity index (χ4v) is 2.49. The van der Waals surface area contributed by atoms with E-state index in [1.54, 1.807) is 12.1 Å². The lowest BCUT2D eigenvalue weighted by Gasteiger charge is -2.08. The van der Waals surface area contributed by atoms with Crippen molar-refractivity contribution < 1.29 is 9.53 Å². The molecule has 0 atom stereocenters. The van der Waals surface area contributed by atoms with Crippen LogP contribution in [0.3, 0.4) is 0 Å². The van der Waals surface area contributed by atoms with Crippen LogP contribution in [0.2, 0.25) is 5.02 Å². The van der Waals surface area contributed by atoms with Gasteiger partial charge in [0.1, 0.15) is 5.75 Å². The molecular weight excluding hydrogens is 282 g/mol. The Morgan fingerprint density at radius 2 is 1.95 bits per heavy atom. The van der Waals surface area contributed by atoms with Crippen LogP contribution in [0.25, 0.3) is 0 Å². The molecule has 0 unspecified atom stereocenters. The molecule has 0 saturated carbocycles. The highest BCUT2D eigenvalue weighted by Crippen LogP contribution is 2.26. The number of halogens is 1. The maximum Gasteiger partial charge on any atom is 0.317 e. The van der Waals surface area contributed by atoms with E-state index < -0.39 is 0 Å². The summed E-state index contributed by atoms with van der Waals surface area (Å²) >= 11 is 7.59. The second-order valence-corrected chi connectivity index (χ2v) is 5.82. The molecule has 2 rings (SSSR count). The maximum atomic E-state index is 11.8. The molecule has 3 nitrogen and oxygen atoms in total. The summed E-state index contributed by atoms with van der Waals surface area (Å²) in [6.45, 7) is 5.68. The molecule has 0 radical (unpaired) electrons. The van der Waals surface area contributed by atoms with Crippen LogP contribution < -0.4 is 4.74 Å². The molecular formula is C14H14ClNO2S. The normalized spacial score (nSPS) is 10.5. The molecule has 19 heavy (non-hydrogen) atoms. The highest BCUT2D eigenvalue weighted by atomic mass is 35.5. The van der Waals surface area contributed by atoms with Crippen molar-refractivity contribution in [3.05, 3.63) is 44.4 Å². The van der Waals surface area contributed by atoms with Gasteiger partial charge in [-0.05, 0) is 44.0 Å². The van der Waals surface area contributed by atoms with E-state index in [0.717, 1.165) is 21.8 Å². The highest BCUT2D eigenvalue weighted by Gasteiger charge is 2.11. The van der Waals surface area contributed by atoms with Crippen LogP contribution in [0.15, 0.2) is 17.5 Å². The third-order valence-electron chi connectivity index (χ3n) is 2.63. The van der Waals surface area contributed by atoms with Gasteiger partial charge in [-0.25, -0.2) is 4.98 Å². The number of rotatable bonds is 3. The van der Waals surface area contributed by atoms with Gasteiger partial charge in [0.05, 0.1) is 17.1 Å². The Hall–Kier alpha value is -1.39. The zero-order chi connectivity index (χ0) is 14.0. The van der Waals surface area contributed by atoms with Crippen LogP contribution in [0.1, 0.15) is 21.8 Å². The van der Waals surface area contributed by atoms with Crippen LogP contribution in [0.5, 0.6) is 5.75 Å². The van der Waals surface area contributed by atoms with Gasteiger partial charge in [-0.1, -0.05) is 11.6 Å². The number of esters is 1. The number of nitrogens with zero attached hydrogens (tertiary/aromatic N) is 1. The Kier molecular flexibility index (Phi) is 4.22. The minimum absolute atomic E-state index is 0.186. The molecule has 1 aromatic heterocycles. The van der Waals surface area contributed by atoms with E-state index in [4.69, 9.17) is 16.3 Å². The number of hydrogen-bond donors (Lipinski definition) is 0. The number of thiazole rings is 1. The Balaban J connectivity index is 2.07. The average molecular weight is 296 g/mol. The van der Waals surface area contributed by atoms with Gasteiger partial charge in [-0.2, -0.15) is 0 Å². The highest BCUT2D eigenvalue weighted by molar-refractivity contribution is 7.09. The van der Waals surface area contributed by atoms with E-state index in [1.807, 2.05) is 26.2 Å². The quantitative estimate of drug-likeness (QED) is 0.637. The summed E-state index contributed by atoms with van der Waals surface area (Å²) in [4.78, 5) is 16.0. The lowest BCUT2D eigenvalue weighted by molar-refractivity contribution is -0.133. The third-order valence-corrected chi connectivity index (χ3v) is 4.05. The topological polar surface area (TPSA) is 39.2 Å². The van der Waals surface area contributed by atoms with Gasteiger partial charge in [-0.15, -0.1) is 11.3 Å². The number of ether oxygens (including phenoxy) is 1. The van der Waals surface area contributed by atoms with Gasteiger partial charge in [0, 0.05) is 10.4 Å². The number of aromatic nitrogens is 1. The van der Waals surface area contributed by atoms with E-state index in [9.17, 15) is 4.79 Å².